The van der Waals surface area contributed by atoms with Gasteiger partial charge in [0.25, 0.3) is 0 Å². The Morgan fingerprint density at radius 1 is 1.69 bits per heavy atom. The van der Waals surface area contributed by atoms with E-state index < -0.39 is 5.97 Å². The van der Waals surface area contributed by atoms with Crippen LogP contribution >= 0.6 is 0 Å². The van der Waals surface area contributed by atoms with Crippen molar-refractivity contribution in [2.45, 2.75) is 19.4 Å². The Morgan fingerprint density at radius 2 is 2.44 bits per heavy atom. The highest BCUT2D eigenvalue weighted by atomic mass is 16.5. The summed E-state index contributed by atoms with van der Waals surface area (Å²) in [7, 11) is 1.63. The van der Waals surface area contributed by atoms with E-state index in [1.807, 2.05) is 6.92 Å². The van der Waals surface area contributed by atoms with Gasteiger partial charge in [0.1, 0.15) is 0 Å². The second-order valence-electron chi connectivity index (χ2n) is 3.40. The zero-order valence-corrected chi connectivity index (χ0v) is 9.30. The lowest BCUT2D eigenvalue weighted by Crippen LogP contribution is -2.19. The monoisotopic (exact) mass is 225 g/mol. The van der Waals surface area contributed by atoms with E-state index in [-0.39, 0.29) is 11.7 Å². The van der Waals surface area contributed by atoms with Crippen molar-refractivity contribution in [3.05, 3.63) is 18.0 Å². The van der Waals surface area contributed by atoms with Crippen molar-refractivity contribution in [3.8, 4) is 0 Å². The van der Waals surface area contributed by atoms with Crippen LogP contribution in [-0.4, -0.2) is 40.8 Å². The molecule has 2 N–H and O–H groups in total. The first-order valence-electron chi connectivity index (χ1n) is 4.95. The third-order valence-corrected chi connectivity index (χ3v) is 2.01. The fraction of sp³-hybridized carbons (Fsp3) is 0.500. The number of aromatic nitrogens is 2. The lowest BCUT2D eigenvalue weighted by Gasteiger charge is -2.12. The second kappa shape index (κ2) is 6.02. The molecule has 1 atom stereocenters. The fourth-order valence-corrected chi connectivity index (χ4v) is 1.13. The third kappa shape index (κ3) is 3.82. The minimum atomic E-state index is -1.06. The molecule has 0 saturated carbocycles. The summed E-state index contributed by atoms with van der Waals surface area (Å²) in [6.45, 7) is 2.59. The number of aromatic carboxylic acids is 1. The molecule has 1 aromatic rings. The van der Waals surface area contributed by atoms with Crippen LogP contribution in [-0.2, 0) is 4.74 Å². The molecule has 0 saturated heterocycles. The van der Waals surface area contributed by atoms with Crippen LogP contribution < -0.4 is 5.32 Å². The number of carboxylic acids is 1. The van der Waals surface area contributed by atoms with Crippen molar-refractivity contribution >= 4 is 11.9 Å². The highest BCUT2D eigenvalue weighted by molar-refractivity contribution is 5.85. The van der Waals surface area contributed by atoms with Crippen LogP contribution in [0.1, 0.15) is 23.8 Å². The molecule has 1 aromatic heterocycles. The van der Waals surface area contributed by atoms with Crippen molar-refractivity contribution < 1.29 is 14.6 Å². The van der Waals surface area contributed by atoms with Gasteiger partial charge in [-0.1, -0.05) is 0 Å². The lowest BCUT2D eigenvalue weighted by atomic mass is 10.2. The van der Waals surface area contributed by atoms with Crippen LogP contribution in [0.3, 0.4) is 0 Å². The maximum atomic E-state index is 10.7. The molecule has 6 nitrogen and oxygen atoms in total. The first-order valence-corrected chi connectivity index (χ1v) is 4.95. The van der Waals surface area contributed by atoms with Crippen molar-refractivity contribution in [3.63, 3.8) is 0 Å². The van der Waals surface area contributed by atoms with E-state index in [1.165, 1.54) is 12.3 Å². The Balaban J connectivity index is 2.59. The molecule has 0 spiro atoms. The van der Waals surface area contributed by atoms with Crippen LogP contribution in [0.25, 0.3) is 0 Å². The van der Waals surface area contributed by atoms with Gasteiger partial charge in [-0.3, -0.25) is 0 Å². The van der Waals surface area contributed by atoms with E-state index >= 15 is 0 Å². The Morgan fingerprint density at radius 3 is 3.06 bits per heavy atom. The number of ether oxygens (including phenoxy) is 1. The smallest absolute Gasteiger partial charge is 0.354 e. The predicted octanol–water partition coefficient (Wildman–Crippen LogP) is 1.01. The van der Waals surface area contributed by atoms with E-state index in [0.29, 0.717) is 12.6 Å². The number of rotatable bonds is 6. The number of nitrogens with one attached hydrogen (secondary N) is 1. The van der Waals surface area contributed by atoms with Crippen molar-refractivity contribution in [1.29, 1.82) is 0 Å². The maximum absolute atomic E-state index is 10.7. The minimum Gasteiger partial charge on any atom is -0.477 e. The van der Waals surface area contributed by atoms with Crippen molar-refractivity contribution in [2.75, 3.05) is 19.0 Å². The summed E-state index contributed by atoms with van der Waals surface area (Å²) in [6, 6.07) is 1.48. The van der Waals surface area contributed by atoms with Gasteiger partial charge >= 0.3 is 5.97 Å². The summed E-state index contributed by atoms with van der Waals surface area (Å²) < 4.78 is 4.94. The van der Waals surface area contributed by atoms with E-state index in [4.69, 9.17) is 9.84 Å². The van der Waals surface area contributed by atoms with E-state index in [2.05, 4.69) is 15.3 Å². The Kier molecular flexibility index (Phi) is 4.65. The Hall–Kier alpha value is -1.69. The van der Waals surface area contributed by atoms with Gasteiger partial charge in [0.15, 0.2) is 5.69 Å². The van der Waals surface area contributed by atoms with Crippen LogP contribution in [0.5, 0.6) is 0 Å². The van der Waals surface area contributed by atoms with Gasteiger partial charge in [-0.05, 0) is 19.4 Å². The van der Waals surface area contributed by atoms with Gasteiger partial charge in [0.05, 0.1) is 0 Å². The lowest BCUT2D eigenvalue weighted by molar-refractivity contribution is 0.0690. The molecule has 0 amide bonds. The van der Waals surface area contributed by atoms with Crippen molar-refractivity contribution in [1.82, 2.24) is 9.97 Å². The number of hydrogen-bond acceptors (Lipinski definition) is 5. The zero-order valence-electron chi connectivity index (χ0n) is 9.30. The summed E-state index contributed by atoms with van der Waals surface area (Å²) in [6.07, 6.45) is 2.22. The Bertz CT molecular complexity index is 357. The number of hydrogen-bond donors (Lipinski definition) is 2. The third-order valence-electron chi connectivity index (χ3n) is 2.01. The number of nitrogens with zero attached hydrogens (tertiary/aromatic N) is 2. The molecule has 1 heterocycles. The van der Waals surface area contributed by atoms with Gasteiger partial charge in [0, 0.05) is 26.0 Å². The zero-order chi connectivity index (χ0) is 12.0. The van der Waals surface area contributed by atoms with Gasteiger partial charge < -0.3 is 15.2 Å². The Labute approximate surface area is 93.7 Å². The molecule has 0 aliphatic heterocycles. The van der Waals surface area contributed by atoms with E-state index in [9.17, 15) is 4.79 Å². The largest absolute Gasteiger partial charge is 0.477 e. The highest BCUT2D eigenvalue weighted by Crippen LogP contribution is 2.04. The standard InChI is InChI=1S/C10H15N3O3/c1-7(4-6-16-2)12-10-11-5-3-8(13-10)9(14)15/h3,5,7H,4,6H2,1-2H3,(H,14,15)(H,11,12,13). The molecule has 0 aliphatic rings. The number of methoxy groups -OCH3 is 1. The molecule has 0 fully saturated rings. The molecule has 0 aliphatic carbocycles. The summed E-state index contributed by atoms with van der Waals surface area (Å²) >= 11 is 0. The van der Waals surface area contributed by atoms with Gasteiger partial charge in [-0.2, -0.15) is 0 Å². The molecular formula is C10H15N3O3. The molecule has 16 heavy (non-hydrogen) atoms. The molecule has 0 aromatic carbocycles. The molecule has 6 heteroatoms. The van der Waals surface area contributed by atoms with Gasteiger partial charge in [-0.25, -0.2) is 14.8 Å². The average molecular weight is 225 g/mol. The summed E-state index contributed by atoms with van der Waals surface area (Å²) in [5, 5.41) is 11.8. The summed E-state index contributed by atoms with van der Waals surface area (Å²) in [5.41, 5.74) is -0.0172. The first-order chi connectivity index (χ1) is 7.63. The normalized spacial score (nSPS) is 12.1. The van der Waals surface area contributed by atoms with Crippen LogP contribution in [0.15, 0.2) is 12.3 Å². The fourth-order valence-electron chi connectivity index (χ4n) is 1.13. The molecular weight excluding hydrogens is 210 g/mol. The second-order valence-corrected chi connectivity index (χ2v) is 3.40. The quantitative estimate of drug-likeness (QED) is 0.751. The van der Waals surface area contributed by atoms with Crippen LogP contribution in [0, 0.1) is 0 Å². The topological polar surface area (TPSA) is 84.3 Å². The summed E-state index contributed by atoms with van der Waals surface area (Å²) in [4.78, 5) is 18.5. The minimum absolute atomic E-state index is 0.0172. The molecule has 1 rings (SSSR count). The molecule has 0 radical (unpaired) electrons. The van der Waals surface area contributed by atoms with Crippen molar-refractivity contribution in [2.24, 2.45) is 0 Å². The van der Waals surface area contributed by atoms with Crippen LogP contribution in [0.2, 0.25) is 0 Å². The maximum Gasteiger partial charge on any atom is 0.354 e. The number of anilines is 1. The number of carbonyl (C=O) groups is 1. The molecule has 1 unspecified atom stereocenters. The predicted molar refractivity (Wildman–Crippen MR) is 58.6 cm³/mol. The van der Waals surface area contributed by atoms with Crippen LogP contribution in [0.4, 0.5) is 5.95 Å². The number of carboxylic acid groups (broad SMARTS) is 1. The SMILES string of the molecule is COCCC(C)Nc1nccc(C(=O)O)n1. The van der Waals surface area contributed by atoms with Gasteiger partial charge in [0.2, 0.25) is 5.95 Å². The molecule has 88 valence electrons. The average Bonchev–Trinajstić information content (AvgIpc) is 2.26. The highest BCUT2D eigenvalue weighted by Gasteiger charge is 2.08. The first kappa shape index (κ1) is 12.4. The molecule has 0 bridgehead atoms. The van der Waals surface area contributed by atoms with Gasteiger partial charge in [-0.15, -0.1) is 0 Å². The van der Waals surface area contributed by atoms with E-state index in [0.717, 1.165) is 6.42 Å². The van der Waals surface area contributed by atoms with E-state index in [1.54, 1.807) is 7.11 Å². The summed E-state index contributed by atoms with van der Waals surface area (Å²) in [5.74, 6) is -0.738.